The van der Waals surface area contributed by atoms with Crippen LogP contribution in [0.4, 0.5) is 0 Å². The Morgan fingerprint density at radius 2 is 2.10 bits per heavy atom. The molecule has 0 saturated carbocycles. The van der Waals surface area contributed by atoms with Crippen LogP contribution in [0.25, 0.3) is 10.9 Å². The van der Waals surface area contributed by atoms with E-state index in [1.54, 1.807) is 18.2 Å². The number of nitrogens with one attached hydrogen (secondary N) is 2. The predicted molar refractivity (Wildman–Crippen MR) is 117 cm³/mol. The lowest BCUT2D eigenvalue weighted by Gasteiger charge is -2.35. The maximum absolute atomic E-state index is 12.5. The number of likely N-dealkylation sites (tertiary alicyclic amines) is 1. The van der Waals surface area contributed by atoms with Crippen molar-refractivity contribution in [3.05, 3.63) is 44.6 Å². The first kappa shape index (κ1) is 22.2. The molecule has 3 rings (SSSR count). The zero-order chi connectivity index (χ0) is 21.5. The number of ether oxygens (including phenoxy) is 1. The summed E-state index contributed by atoms with van der Waals surface area (Å²) >= 11 is 0. The molecule has 0 unspecified atom stereocenters. The first-order chi connectivity index (χ1) is 14.5. The molecule has 1 saturated heterocycles. The van der Waals surface area contributed by atoms with Crippen molar-refractivity contribution >= 4 is 16.8 Å². The summed E-state index contributed by atoms with van der Waals surface area (Å²) < 4.78 is 6.05. The van der Waals surface area contributed by atoms with E-state index in [0.29, 0.717) is 29.1 Å². The largest absolute Gasteiger partial charge is 0.383 e. The third kappa shape index (κ3) is 5.17. The molecule has 1 amide bonds. The Bertz CT molecular complexity index is 981. The number of hydrogen-bond acceptors (Lipinski definition) is 5. The number of rotatable bonds is 9. The van der Waals surface area contributed by atoms with Crippen molar-refractivity contribution in [3.63, 3.8) is 0 Å². The molecule has 1 atom stereocenters. The van der Waals surface area contributed by atoms with Gasteiger partial charge in [0.1, 0.15) is 0 Å². The van der Waals surface area contributed by atoms with Crippen LogP contribution in [-0.4, -0.2) is 59.8 Å². The van der Waals surface area contributed by atoms with E-state index in [9.17, 15) is 14.4 Å². The number of fused-ring (bicyclic) bond motifs is 1. The fourth-order valence-electron chi connectivity index (χ4n) is 4.18. The van der Waals surface area contributed by atoms with Gasteiger partial charge in [0, 0.05) is 31.8 Å². The van der Waals surface area contributed by atoms with E-state index in [2.05, 4.69) is 22.1 Å². The summed E-state index contributed by atoms with van der Waals surface area (Å²) in [6.07, 6.45) is 5.91. The van der Waals surface area contributed by atoms with Crippen molar-refractivity contribution in [1.29, 1.82) is 0 Å². The number of aromatic amines is 1. The molecular formula is C22H32N4O4. The average Bonchev–Trinajstić information content (AvgIpc) is 2.76. The van der Waals surface area contributed by atoms with E-state index in [1.807, 2.05) is 0 Å². The van der Waals surface area contributed by atoms with E-state index in [1.165, 1.54) is 32.8 Å². The molecule has 2 aromatic rings. The van der Waals surface area contributed by atoms with E-state index in [0.717, 1.165) is 24.1 Å². The number of nitrogens with zero attached hydrogens (tertiary/aromatic N) is 2. The molecule has 30 heavy (non-hydrogen) atoms. The molecule has 1 fully saturated rings. The van der Waals surface area contributed by atoms with Crippen LogP contribution in [0.2, 0.25) is 0 Å². The highest BCUT2D eigenvalue weighted by molar-refractivity contribution is 5.97. The summed E-state index contributed by atoms with van der Waals surface area (Å²) in [7, 11) is 1.51. The molecule has 2 heterocycles. The molecular weight excluding hydrogens is 384 g/mol. The molecule has 1 aliphatic rings. The predicted octanol–water partition coefficient (Wildman–Crippen LogP) is 1.72. The van der Waals surface area contributed by atoms with Crippen molar-refractivity contribution in [2.45, 2.75) is 51.6 Å². The Morgan fingerprint density at radius 1 is 1.27 bits per heavy atom. The first-order valence-corrected chi connectivity index (χ1v) is 10.8. The molecule has 0 bridgehead atoms. The van der Waals surface area contributed by atoms with Gasteiger partial charge >= 0.3 is 5.69 Å². The van der Waals surface area contributed by atoms with Gasteiger partial charge in [-0.1, -0.05) is 13.3 Å². The number of methoxy groups -OCH3 is 1. The molecule has 0 spiro atoms. The summed E-state index contributed by atoms with van der Waals surface area (Å²) in [6.45, 7) is 5.42. The quantitative estimate of drug-likeness (QED) is 0.607. The number of hydrogen-bond donors (Lipinski definition) is 2. The zero-order valence-electron chi connectivity index (χ0n) is 17.9. The summed E-state index contributed by atoms with van der Waals surface area (Å²) in [4.78, 5) is 42.5. The lowest BCUT2D eigenvalue weighted by Crippen LogP contribution is -2.40. The summed E-state index contributed by atoms with van der Waals surface area (Å²) in [5.74, 6) is -0.202. The van der Waals surface area contributed by atoms with E-state index in [-0.39, 0.29) is 24.6 Å². The number of carbonyl (C=O) groups excluding carboxylic acids is 1. The molecule has 2 N–H and O–H groups in total. The second-order valence-electron chi connectivity index (χ2n) is 7.84. The lowest BCUT2D eigenvalue weighted by atomic mass is 10.00. The van der Waals surface area contributed by atoms with Gasteiger partial charge in [-0.15, -0.1) is 0 Å². The highest BCUT2D eigenvalue weighted by atomic mass is 16.5. The number of benzene rings is 1. The Labute approximate surface area is 176 Å². The van der Waals surface area contributed by atoms with Crippen molar-refractivity contribution < 1.29 is 9.53 Å². The highest BCUT2D eigenvalue weighted by Crippen LogP contribution is 2.19. The normalized spacial score (nSPS) is 17.3. The minimum atomic E-state index is -0.505. The Kier molecular flexibility index (Phi) is 7.81. The fourth-order valence-corrected chi connectivity index (χ4v) is 4.18. The van der Waals surface area contributed by atoms with Gasteiger partial charge in [-0.2, -0.15) is 0 Å². The van der Waals surface area contributed by atoms with Crippen LogP contribution >= 0.6 is 0 Å². The molecule has 1 aromatic heterocycles. The maximum atomic E-state index is 12.5. The molecule has 164 valence electrons. The Hall–Kier alpha value is -2.45. The Morgan fingerprint density at radius 3 is 2.87 bits per heavy atom. The van der Waals surface area contributed by atoms with Gasteiger partial charge < -0.3 is 19.9 Å². The SMILES string of the molecule is CC[C@@H]1CCCCN1CCCNC(=O)c1ccc2c(=O)n(CCOC)c(=O)[nH]c2c1. The van der Waals surface area contributed by atoms with Gasteiger partial charge in [0.05, 0.1) is 24.1 Å². The molecule has 1 aromatic carbocycles. The fraction of sp³-hybridized carbons (Fsp3) is 0.591. The summed E-state index contributed by atoms with van der Waals surface area (Å²) in [5.41, 5.74) is -0.0964. The number of carbonyl (C=O) groups is 1. The standard InChI is InChI=1S/C22H32N4O4/c1-3-17-7-4-5-11-25(17)12-6-10-23-20(27)16-8-9-18-19(15-16)24-22(29)26(21(18)28)13-14-30-2/h8-9,15,17H,3-7,10-14H2,1-2H3,(H,23,27)(H,24,29)/t17-/m1/s1. The van der Waals surface area contributed by atoms with Crippen LogP contribution in [0.1, 0.15) is 49.4 Å². The lowest BCUT2D eigenvalue weighted by molar-refractivity contribution is 0.0947. The number of piperidine rings is 1. The average molecular weight is 417 g/mol. The summed E-state index contributed by atoms with van der Waals surface area (Å²) in [5, 5.41) is 3.32. The minimum absolute atomic E-state index is 0.179. The first-order valence-electron chi connectivity index (χ1n) is 10.8. The van der Waals surface area contributed by atoms with Crippen LogP contribution in [0.5, 0.6) is 0 Å². The number of H-pyrrole nitrogens is 1. The van der Waals surface area contributed by atoms with Crippen LogP contribution in [0.3, 0.4) is 0 Å². The third-order valence-electron chi connectivity index (χ3n) is 5.89. The van der Waals surface area contributed by atoms with E-state index in [4.69, 9.17) is 4.74 Å². The van der Waals surface area contributed by atoms with Gasteiger partial charge in [0.2, 0.25) is 0 Å². The van der Waals surface area contributed by atoms with Crippen molar-refractivity contribution in [2.75, 3.05) is 33.4 Å². The van der Waals surface area contributed by atoms with Gasteiger partial charge in [0.15, 0.2) is 0 Å². The smallest absolute Gasteiger partial charge is 0.328 e. The van der Waals surface area contributed by atoms with Gasteiger partial charge in [-0.3, -0.25) is 14.2 Å². The van der Waals surface area contributed by atoms with Gasteiger partial charge in [-0.25, -0.2) is 4.79 Å². The molecule has 0 aliphatic carbocycles. The minimum Gasteiger partial charge on any atom is -0.383 e. The Balaban J connectivity index is 1.61. The van der Waals surface area contributed by atoms with E-state index < -0.39 is 5.69 Å². The van der Waals surface area contributed by atoms with Crippen molar-refractivity contribution in [2.24, 2.45) is 0 Å². The summed E-state index contributed by atoms with van der Waals surface area (Å²) in [6, 6.07) is 5.44. The van der Waals surface area contributed by atoms with Crippen LogP contribution in [-0.2, 0) is 11.3 Å². The van der Waals surface area contributed by atoms with Crippen LogP contribution in [0, 0.1) is 0 Å². The molecule has 8 nitrogen and oxygen atoms in total. The number of aromatic nitrogens is 2. The number of amides is 1. The second-order valence-corrected chi connectivity index (χ2v) is 7.84. The molecule has 1 aliphatic heterocycles. The maximum Gasteiger partial charge on any atom is 0.328 e. The third-order valence-corrected chi connectivity index (χ3v) is 5.89. The highest BCUT2D eigenvalue weighted by Gasteiger charge is 2.20. The van der Waals surface area contributed by atoms with Crippen molar-refractivity contribution in [1.82, 2.24) is 19.8 Å². The van der Waals surface area contributed by atoms with Crippen LogP contribution < -0.4 is 16.6 Å². The van der Waals surface area contributed by atoms with Crippen molar-refractivity contribution in [3.8, 4) is 0 Å². The van der Waals surface area contributed by atoms with Gasteiger partial charge in [0.25, 0.3) is 11.5 Å². The molecule has 8 heteroatoms. The molecule has 0 radical (unpaired) electrons. The van der Waals surface area contributed by atoms with Crippen LogP contribution in [0.15, 0.2) is 27.8 Å². The monoisotopic (exact) mass is 416 g/mol. The van der Waals surface area contributed by atoms with E-state index >= 15 is 0 Å². The van der Waals surface area contributed by atoms with Gasteiger partial charge in [-0.05, 0) is 50.4 Å². The second kappa shape index (κ2) is 10.5. The topological polar surface area (TPSA) is 96.4 Å². The zero-order valence-corrected chi connectivity index (χ0v) is 17.9.